The molecule has 1 fully saturated rings. The van der Waals surface area contributed by atoms with Crippen molar-refractivity contribution in [1.29, 1.82) is 0 Å². The highest BCUT2D eigenvalue weighted by Crippen LogP contribution is 2.24. The van der Waals surface area contributed by atoms with Crippen LogP contribution in [-0.4, -0.2) is 35.6 Å². The molecule has 0 radical (unpaired) electrons. The van der Waals surface area contributed by atoms with Crippen molar-refractivity contribution in [2.45, 2.75) is 56.3 Å². The van der Waals surface area contributed by atoms with Gasteiger partial charge in [0.05, 0.1) is 6.04 Å². The summed E-state index contributed by atoms with van der Waals surface area (Å²) in [6.45, 7) is 5.45. The second kappa shape index (κ2) is 7.73. The third-order valence-corrected chi connectivity index (χ3v) is 4.37. The van der Waals surface area contributed by atoms with Gasteiger partial charge in [-0.05, 0) is 39.3 Å². The highest BCUT2D eigenvalue weighted by atomic mass is 32.2. The first-order chi connectivity index (χ1) is 10.8. The summed E-state index contributed by atoms with van der Waals surface area (Å²) in [5.74, 6) is 0.400. The third-order valence-electron chi connectivity index (χ3n) is 3.24. The minimum Gasteiger partial charge on any atom is -0.460 e. The highest BCUT2D eigenvalue weighted by Gasteiger charge is 2.33. The van der Waals surface area contributed by atoms with Gasteiger partial charge in [-0.25, -0.2) is 4.79 Å². The fraction of sp³-hybridized carbons (Fsp3) is 0.529. The van der Waals surface area contributed by atoms with E-state index in [1.165, 1.54) is 0 Å². The van der Waals surface area contributed by atoms with Crippen LogP contribution in [0.2, 0.25) is 0 Å². The van der Waals surface area contributed by atoms with Crippen molar-refractivity contribution in [3.63, 3.8) is 0 Å². The van der Waals surface area contributed by atoms with E-state index >= 15 is 0 Å². The zero-order chi connectivity index (χ0) is 16.9. The Hall–Kier alpha value is -1.69. The van der Waals surface area contributed by atoms with Crippen molar-refractivity contribution < 1.29 is 19.1 Å². The Morgan fingerprint density at radius 2 is 2.09 bits per heavy atom. The number of benzene rings is 1. The van der Waals surface area contributed by atoms with Gasteiger partial charge in [0.1, 0.15) is 11.7 Å². The van der Waals surface area contributed by atoms with Crippen LogP contribution in [0.3, 0.4) is 0 Å². The number of amides is 1. The number of cyclic esters (lactones) is 1. The smallest absolute Gasteiger partial charge is 0.408 e. The van der Waals surface area contributed by atoms with Gasteiger partial charge in [-0.15, -0.1) is 11.8 Å². The van der Waals surface area contributed by atoms with Crippen LogP contribution in [0.4, 0.5) is 4.79 Å². The molecule has 23 heavy (non-hydrogen) atoms. The Kier molecular flexibility index (Phi) is 5.93. The van der Waals surface area contributed by atoms with Crippen molar-refractivity contribution in [2.75, 3.05) is 5.75 Å². The molecule has 1 aromatic rings. The van der Waals surface area contributed by atoms with E-state index < -0.39 is 11.7 Å². The van der Waals surface area contributed by atoms with Crippen LogP contribution in [0.5, 0.6) is 0 Å². The Bertz CT molecular complexity index is 541. The fourth-order valence-electron chi connectivity index (χ4n) is 2.23. The van der Waals surface area contributed by atoms with E-state index in [1.54, 1.807) is 11.8 Å². The van der Waals surface area contributed by atoms with Crippen LogP contribution in [0.15, 0.2) is 35.2 Å². The van der Waals surface area contributed by atoms with Crippen molar-refractivity contribution >= 4 is 23.8 Å². The molecule has 126 valence electrons. The van der Waals surface area contributed by atoms with E-state index in [9.17, 15) is 9.59 Å². The van der Waals surface area contributed by atoms with E-state index in [4.69, 9.17) is 9.47 Å². The molecule has 1 aromatic carbocycles. The molecule has 1 aliphatic heterocycles. The first-order valence-electron chi connectivity index (χ1n) is 7.70. The molecular weight excluding hydrogens is 314 g/mol. The minimum atomic E-state index is -0.562. The van der Waals surface area contributed by atoms with Gasteiger partial charge in [0.25, 0.3) is 0 Å². The maximum absolute atomic E-state index is 12.0. The molecule has 0 spiro atoms. The first-order valence-corrected chi connectivity index (χ1v) is 8.69. The van der Waals surface area contributed by atoms with Gasteiger partial charge < -0.3 is 14.8 Å². The van der Waals surface area contributed by atoms with E-state index in [0.29, 0.717) is 18.6 Å². The number of carbonyl (C=O) groups excluding carboxylic acids is 2. The molecule has 0 aromatic heterocycles. The molecule has 1 N–H and O–H groups in total. The molecule has 2 unspecified atom stereocenters. The number of alkyl carbamates (subject to hydrolysis) is 1. The number of hydrogen-bond donors (Lipinski definition) is 1. The lowest BCUT2D eigenvalue weighted by Gasteiger charge is -2.26. The summed E-state index contributed by atoms with van der Waals surface area (Å²) < 4.78 is 10.6. The normalized spacial score (nSPS) is 19.1. The average Bonchev–Trinajstić information content (AvgIpc) is 2.89. The third kappa shape index (κ3) is 6.14. The Morgan fingerprint density at radius 3 is 2.65 bits per heavy atom. The van der Waals surface area contributed by atoms with E-state index in [2.05, 4.69) is 5.32 Å². The first kappa shape index (κ1) is 17.7. The van der Waals surface area contributed by atoms with Gasteiger partial charge in [0, 0.05) is 17.1 Å². The molecule has 1 saturated heterocycles. The topological polar surface area (TPSA) is 64.6 Å². The number of esters is 1. The van der Waals surface area contributed by atoms with Crippen molar-refractivity contribution in [2.24, 2.45) is 0 Å². The second-order valence-corrected chi connectivity index (χ2v) is 7.54. The molecule has 1 amide bonds. The number of hydrogen-bond acceptors (Lipinski definition) is 5. The monoisotopic (exact) mass is 337 g/mol. The van der Waals surface area contributed by atoms with Crippen LogP contribution >= 0.6 is 11.8 Å². The molecule has 6 heteroatoms. The molecule has 0 aliphatic carbocycles. The van der Waals surface area contributed by atoms with Gasteiger partial charge in [0.2, 0.25) is 0 Å². The van der Waals surface area contributed by atoms with Gasteiger partial charge in [-0.1, -0.05) is 18.2 Å². The Balaban J connectivity index is 1.97. The lowest BCUT2D eigenvalue weighted by molar-refractivity contribution is -0.142. The number of carbonyl (C=O) groups is 2. The van der Waals surface area contributed by atoms with Crippen LogP contribution < -0.4 is 5.32 Å². The molecule has 1 heterocycles. The molecule has 0 saturated carbocycles. The van der Waals surface area contributed by atoms with Gasteiger partial charge in [-0.3, -0.25) is 4.79 Å². The molecule has 2 rings (SSSR count). The summed E-state index contributed by atoms with van der Waals surface area (Å²) >= 11 is 1.61. The largest absolute Gasteiger partial charge is 0.460 e. The number of ether oxygens (including phenoxy) is 2. The maximum Gasteiger partial charge on any atom is 0.408 e. The fourth-order valence-corrected chi connectivity index (χ4v) is 3.25. The quantitative estimate of drug-likeness (QED) is 0.659. The summed E-state index contributed by atoms with van der Waals surface area (Å²) in [7, 11) is 0. The summed E-state index contributed by atoms with van der Waals surface area (Å²) in [6, 6.07) is 9.63. The van der Waals surface area contributed by atoms with Crippen molar-refractivity contribution in [1.82, 2.24) is 5.32 Å². The van der Waals surface area contributed by atoms with Gasteiger partial charge in [0.15, 0.2) is 0 Å². The predicted molar refractivity (Wildman–Crippen MR) is 89.4 cm³/mol. The van der Waals surface area contributed by atoms with Crippen molar-refractivity contribution in [3.05, 3.63) is 30.3 Å². The average molecular weight is 337 g/mol. The Morgan fingerprint density at radius 1 is 1.39 bits per heavy atom. The van der Waals surface area contributed by atoms with Crippen LogP contribution in [0, 0.1) is 0 Å². The Labute approximate surface area is 141 Å². The van der Waals surface area contributed by atoms with E-state index in [-0.39, 0.29) is 18.1 Å². The second-order valence-electron chi connectivity index (χ2n) is 6.44. The van der Waals surface area contributed by atoms with Gasteiger partial charge >= 0.3 is 12.1 Å². The molecule has 2 atom stereocenters. The number of nitrogens with one attached hydrogen (secondary N) is 1. The van der Waals surface area contributed by atoms with E-state index in [0.717, 1.165) is 4.90 Å². The summed E-state index contributed by atoms with van der Waals surface area (Å²) in [5, 5.41) is 2.85. The SMILES string of the molecule is CC(C)(C)OC(=O)NC(CSc1ccccc1)C1CCC(=O)O1. The lowest BCUT2D eigenvalue weighted by atomic mass is 10.1. The highest BCUT2D eigenvalue weighted by molar-refractivity contribution is 7.99. The van der Waals surface area contributed by atoms with Crippen LogP contribution in [0.1, 0.15) is 33.6 Å². The molecule has 5 nitrogen and oxygen atoms in total. The summed E-state index contributed by atoms with van der Waals surface area (Å²) in [6.07, 6.45) is 0.229. The van der Waals surface area contributed by atoms with Crippen LogP contribution in [-0.2, 0) is 14.3 Å². The number of rotatable bonds is 5. The zero-order valence-electron chi connectivity index (χ0n) is 13.7. The zero-order valence-corrected chi connectivity index (χ0v) is 14.5. The maximum atomic E-state index is 12.0. The molecule has 1 aliphatic rings. The van der Waals surface area contributed by atoms with Crippen molar-refractivity contribution in [3.8, 4) is 0 Å². The van der Waals surface area contributed by atoms with Gasteiger partial charge in [-0.2, -0.15) is 0 Å². The summed E-state index contributed by atoms with van der Waals surface area (Å²) in [4.78, 5) is 24.5. The van der Waals surface area contributed by atoms with E-state index in [1.807, 2.05) is 51.1 Å². The van der Waals surface area contributed by atoms with Crippen LogP contribution in [0.25, 0.3) is 0 Å². The molecule has 0 bridgehead atoms. The standard InChI is InChI=1S/C17H23NO4S/c1-17(2,3)22-16(20)18-13(14-9-10-15(19)21-14)11-23-12-7-5-4-6-8-12/h4-8,13-14H,9-11H2,1-3H3,(H,18,20). The predicted octanol–water partition coefficient (Wildman–Crippen LogP) is 3.38. The minimum absolute atomic E-state index is 0.212. The molecular formula is C17H23NO4S. The number of thioether (sulfide) groups is 1. The summed E-state index contributed by atoms with van der Waals surface area (Å²) in [5.41, 5.74) is -0.562. The lowest BCUT2D eigenvalue weighted by Crippen LogP contribution is -2.46.